The number of aryl methyl sites for hydroxylation is 1. The summed E-state index contributed by atoms with van der Waals surface area (Å²) in [4.78, 5) is 21.8. The Labute approximate surface area is 116 Å². The van der Waals surface area contributed by atoms with Gasteiger partial charge >= 0.3 is 6.09 Å². The van der Waals surface area contributed by atoms with Crippen LogP contribution in [0.5, 0.6) is 5.88 Å². The van der Waals surface area contributed by atoms with Crippen molar-refractivity contribution in [1.82, 2.24) is 14.9 Å². The molecular formula is C14H15N3O3. The van der Waals surface area contributed by atoms with Crippen molar-refractivity contribution in [2.24, 2.45) is 0 Å². The minimum Gasteiger partial charge on any atom is -0.474 e. The first-order valence-electron chi connectivity index (χ1n) is 6.52. The number of aromatic nitrogens is 2. The molecule has 2 heterocycles. The lowest BCUT2D eigenvalue weighted by molar-refractivity contribution is 0.152. The molecule has 1 aromatic carbocycles. The van der Waals surface area contributed by atoms with E-state index in [4.69, 9.17) is 9.47 Å². The van der Waals surface area contributed by atoms with Crippen LogP contribution in [0.2, 0.25) is 0 Å². The van der Waals surface area contributed by atoms with Gasteiger partial charge in [-0.25, -0.2) is 14.8 Å². The zero-order valence-electron chi connectivity index (χ0n) is 11.2. The van der Waals surface area contributed by atoms with Gasteiger partial charge in [-0.1, -0.05) is 12.1 Å². The smallest absolute Gasteiger partial charge is 0.410 e. The van der Waals surface area contributed by atoms with Crippen molar-refractivity contribution < 1.29 is 14.3 Å². The minimum absolute atomic E-state index is 0.282. The molecule has 0 atom stereocenters. The monoisotopic (exact) mass is 273 g/mol. The number of cyclic esters (lactones) is 1. The van der Waals surface area contributed by atoms with Crippen LogP contribution in [0.3, 0.4) is 0 Å². The molecule has 3 rings (SSSR count). The van der Waals surface area contributed by atoms with Gasteiger partial charge in [0.25, 0.3) is 0 Å². The number of carbonyl (C=O) groups is 1. The quantitative estimate of drug-likeness (QED) is 0.849. The molecular weight excluding hydrogens is 258 g/mol. The Hall–Kier alpha value is -2.37. The molecule has 6 nitrogen and oxygen atoms in total. The van der Waals surface area contributed by atoms with Gasteiger partial charge in [-0.05, 0) is 19.1 Å². The predicted molar refractivity (Wildman–Crippen MR) is 72.7 cm³/mol. The van der Waals surface area contributed by atoms with Crippen LogP contribution in [0.25, 0.3) is 11.0 Å². The molecule has 1 aromatic heterocycles. The van der Waals surface area contributed by atoms with Gasteiger partial charge in [0.05, 0.1) is 24.1 Å². The highest BCUT2D eigenvalue weighted by Crippen LogP contribution is 2.17. The maximum atomic E-state index is 11.3. The van der Waals surface area contributed by atoms with E-state index in [0.29, 0.717) is 32.2 Å². The molecule has 104 valence electrons. The summed E-state index contributed by atoms with van der Waals surface area (Å²) in [5.74, 6) is 0.510. The normalized spacial score (nSPS) is 14.7. The number of amides is 1. The molecule has 0 spiro atoms. The lowest BCUT2D eigenvalue weighted by Crippen LogP contribution is -2.29. The van der Waals surface area contributed by atoms with E-state index in [-0.39, 0.29) is 6.09 Å². The standard InChI is InChI=1S/C14H15N3O3/c1-10-13(16-12-5-3-2-4-11(12)15-10)19-8-6-17-7-9-20-14(17)18/h2-5H,6-9H2,1H3. The van der Waals surface area contributed by atoms with Crippen molar-refractivity contribution in [2.75, 3.05) is 26.3 Å². The number of hydrogen-bond donors (Lipinski definition) is 0. The van der Waals surface area contributed by atoms with E-state index in [1.54, 1.807) is 4.90 Å². The molecule has 0 unspecified atom stereocenters. The third-order valence-electron chi connectivity index (χ3n) is 3.15. The zero-order chi connectivity index (χ0) is 13.9. The fourth-order valence-electron chi connectivity index (χ4n) is 2.09. The highest BCUT2D eigenvalue weighted by molar-refractivity contribution is 5.74. The van der Waals surface area contributed by atoms with Crippen molar-refractivity contribution >= 4 is 17.1 Å². The van der Waals surface area contributed by atoms with E-state index < -0.39 is 0 Å². The zero-order valence-corrected chi connectivity index (χ0v) is 11.2. The number of ether oxygens (including phenoxy) is 2. The first-order chi connectivity index (χ1) is 9.74. The van der Waals surface area contributed by atoms with Gasteiger partial charge in [0.1, 0.15) is 18.9 Å². The first-order valence-corrected chi connectivity index (χ1v) is 6.52. The van der Waals surface area contributed by atoms with Crippen molar-refractivity contribution in [3.05, 3.63) is 30.0 Å². The molecule has 0 aliphatic carbocycles. The van der Waals surface area contributed by atoms with Crippen LogP contribution in [0.15, 0.2) is 24.3 Å². The summed E-state index contributed by atoms with van der Waals surface area (Å²) in [6, 6.07) is 7.65. The fraction of sp³-hybridized carbons (Fsp3) is 0.357. The topological polar surface area (TPSA) is 64.6 Å². The molecule has 20 heavy (non-hydrogen) atoms. The second-order valence-electron chi connectivity index (χ2n) is 4.55. The third kappa shape index (κ3) is 2.49. The molecule has 2 aromatic rings. The molecule has 1 saturated heterocycles. The average molecular weight is 273 g/mol. The van der Waals surface area contributed by atoms with E-state index in [9.17, 15) is 4.79 Å². The average Bonchev–Trinajstić information content (AvgIpc) is 2.85. The number of rotatable bonds is 4. The summed E-state index contributed by atoms with van der Waals surface area (Å²) in [6.45, 7) is 3.80. The van der Waals surface area contributed by atoms with Gasteiger partial charge in [-0.3, -0.25) is 0 Å². The van der Waals surface area contributed by atoms with Crippen LogP contribution in [0.1, 0.15) is 5.69 Å². The molecule has 1 amide bonds. The highest BCUT2D eigenvalue weighted by atomic mass is 16.6. The molecule has 0 N–H and O–H groups in total. The van der Waals surface area contributed by atoms with Gasteiger partial charge < -0.3 is 14.4 Å². The maximum Gasteiger partial charge on any atom is 0.410 e. The number of fused-ring (bicyclic) bond motifs is 1. The van der Waals surface area contributed by atoms with Crippen molar-refractivity contribution in [3.63, 3.8) is 0 Å². The Bertz CT molecular complexity index is 645. The van der Waals surface area contributed by atoms with Crippen LogP contribution >= 0.6 is 0 Å². The largest absolute Gasteiger partial charge is 0.474 e. The van der Waals surface area contributed by atoms with Gasteiger partial charge in [-0.15, -0.1) is 0 Å². The Morgan fingerprint density at radius 3 is 2.75 bits per heavy atom. The number of nitrogens with zero attached hydrogens (tertiary/aromatic N) is 3. The van der Waals surface area contributed by atoms with Crippen LogP contribution in [-0.4, -0.2) is 47.3 Å². The molecule has 1 aliphatic rings. The second-order valence-corrected chi connectivity index (χ2v) is 4.55. The summed E-state index contributed by atoms with van der Waals surface area (Å²) in [6.07, 6.45) is -0.282. The molecule has 1 fully saturated rings. The fourth-order valence-corrected chi connectivity index (χ4v) is 2.09. The first kappa shape index (κ1) is 12.7. The summed E-state index contributed by atoms with van der Waals surface area (Å²) >= 11 is 0. The molecule has 0 radical (unpaired) electrons. The molecule has 0 bridgehead atoms. The highest BCUT2D eigenvalue weighted by Gasteiger charge is 2.21. The second kappa shape index (κ2) is 5.32. The lowest BCUT2D eigenvalue weighted by atomic mass is 10.3. The van der Waals surface area contributed by atoms with Crippen LogP contribution in [0.4, 0.5) is 4.79 Å². The maximum absolute atomic E-state index is 11.3. The van der Waals surface area contributed by atoms with Crippen molar-refractivity contribution in [1.29, 1.82) is 0 Å². The van der Waals surface area contributed by atoms with Crippen LogP contribution in [0, 0.1) is 6.92 Å². The Morgan fingerprint density at radius 1 is 1.30 bits per heavy atom. The summed E-state index contributed by atoms with van der Waals surface area (Å²) in [7, 11) is 0. The number of benzene rings is 1. The van der Waals surface area contributed by atoms with Crippen molar-refractivity contribution in [3.8, 4) is 5.88 Å². The van der Waals surface area contributed by atoms with E-state index in [2.05, 4.69) is 9.97 Å². The van der Waals surface area contributed by atoms with Gasteiger partial charge in [-0.2, -0.15) is 0 Å². The van der Waals surface area contributed by atoms with Crippen LogP contribution in [-0.2, 0) is 4.74 Å². The number of para-hydroxylation sites is 2. The van der Waals surface area contributed by atoms with E-state index >= 15 is 0 Å². The van der Waals surface area contributed by atoms with Gasteiger partial charge in [0, 0.05) is 0 Å². The summed E-state index contributed by atoms with van der Waals surface area (Å²) in [5, 5.41) is 0. The Morgan fingerprint density at radius 2 is 2.05 bits per heavy atom. The summed E-state index contributed by atoms with van der Waals surface area (Å²) < 4.78 is 10.5. The molecule has 1 aliphatic heterocycles. The minimum atomic E-state index is -0.282. The van der Waals surface area contributed by atoms with Crippen LogP contribution < -0.4 is 4.74 Å². The Kier molecular flexibility index (Phi) is 3.37. The predicted octanol–water partition coefficient (Wildman–Crippen LogP) is 1.77. The third-order valence-corrected chi connectivity index (χ3v) is 3.15. The SMILES string of the molecule is Cc1nc2ccccc2nc1OCCN1CCOC1=O. The van der Waals surface area contributed by atoms with E-state index in [1.165, 1.54) is 0 Å². The van der Waals surface area contributed by atoms with Gasteiger partial charge in [0.2, 0.25) is 5.88 Å². The van der Waals surface area contributed by atoms with E-state index in [0.717, 1.165) is 16.7 Å². The molecule has 6 heteroatoms. The summed E-state index contributed by atoms with van der Waals surface area (Å²) in [5.41, 5.74) is 2.39. The lowest BCUT2D eigenvalue weighted by Gasteiger charge is -2.13. The van der Waals surface area contributed by atoms with Crippen molar-refractivity contribution in [2.45, 2.75) is 6.92 Å². The number of hydrogen-bond acceptors (Lipinski definition) is 5. The van der Waals surface area contributed by atoms with Gasteiger partial charge in [0.15, 0.2) is 0 Å². The van der Waals surface area contributed by atoms with E-state index in [1.807, 2.05) is 31.2 Å². The molecule has 0 saturated carbocycles. The Balaban J connectivity index is 1.67. The number of carbonyl (C=O) groups excluding carboxylic acids is 1.